The first-order valence-electron chi connectivity index (χ1n) is 6.59. The van der Waals surface area contributed by atoms with Gasteiger partial charge in [0.15, 0.2) is 0 Å². The lowest BCUT2D eigenvalue weighted by atomic mass is 10.2. The van der Waals surface area contributed by atoms with Gasteiger partial charge in [-0.05, 0) is 44.7 Å². The molecule has 0 aromatic carbocycles. The molecular weight excluding hydrogens is 238 g/mol. The van der Waals surface area contributed by atoms with Crippen LogP contribution in [0.1, 0.15) is 23.8 Å². The predicted octanol–water partition coefficient (Wildman–Crippen LogP) is 3.05. The van der Waals surface area contributed by atoms with Crippen LogP contribution in [0, 0.1) is 6.92 Å². The second-order valence-corrected chi connectivity index (χ2v) is 4.75. The first kappa shape index (κ1) is 13.6. The van der Waals surface area contributed by atoms with E-state index in [0.717, 1.165) is 31.2 Å². The Labute approximate surface area is 114 Å². The third-order valence-electron chi connectivity index (χ3n) is 3.04. The average Bonchev–Trinajstić information content (AvgIpc) is 2.76. The molecule has 0 saturated carbocycles. The van der Waals surface area contributed by atoms with E-state index < -0.39 is 0 Å². The van der Waals surface area contributed by atoms with E-state index in [1.807, 2.05) is 19.2 Å². The summed E-state index contributed by atoms with van der Waals surface area (Å²) in [7, 11) is 2.11. The van der Waals surface area contributed by atoms with Gasteiger partial charge in [-0.3, -0.25) is 4.90 Å². The van der Waals surface area contributed by atoms with Crippen molar-refractivity contribution in [3.8, 4) is 0 Å². The van der Waals surface area contributed by atoms with Crippen molar-refractivity contribution in [1.82, 2.24) is 9.88 Å². The molecule has 4 heteroatoms. The zero-order chi connectivity index (χ0) is 13.7. The van der Waals surface area contributed by atoms with Gasteiger partial charge in [-0.2, -0.15) is 0 Å². The van der Waals surface area contributed by atoms with Gasteiger partial charge in [0, 0.05) is 31.4 Å². The normalized spacial score (nSPS) is 10.9. The zero-order valence-corrected chi connectivity index (χ0v) is 11.8. The topological polar surface area (TPSA) is 41.3 Å². The molecule has 1 N–H and O–H groups in total. The van der Waals surface area contributed by atoms with Crippen molar-refractivity contribution in [2.75, 3.05) is 18.9 Å². The highest BCUT2D eigenvalue weighted by atomic mass is 16.3. The number of pyridine rings is 1. The number of rotatable bonds is 6. The monoisotopic (exact) mass is 259 g/mol. The van der Waals surface area contributed by atoms with E-state index in [1.165, 1.54) is 11.1 Å². The molecule has 0 atom stereocenters. The van der Waals surface area contributed by atoms with Gasteiger partial charge in [-0.1, -0.05) is 0 Å². The summed E-state index contributed by atoms with van der Waals surface area (Å²) in [5.41, 5.74) is 2.50. The first-order valence-corrected chi connectivity index (χ1v) is 6.59. The Bertz CT molecular complexity index is 522. The Hall–Kier alpha value is -1.81. The van der Waals surface area contributed by atoms with Crippen molar-refractivity contribution in [2.45, 2.75) is 26.9 Å². The molecule has 0 radical (unpaired) electrons. The fraction of sp³-hybridized carbons (Fsp3) is 0.400. The number of aryl methyl sites for hydroxylation is 1. The van der Waals surface area contributed by atoms with Crippen LogP contribution in [-0.2, 0) is 13.1 Å². The molecule has 2 rings (SSSR count). The standard InChI is InChI=1S/C15H21N3O/c1-4-16-15-9-13(5-7-17-15)10-18(3)11-14-6-8-19-12(14)2/h5-9H,4,10-11H2,1-3H3,(H,16,17). The maximum atomic E-state index is 5.32. The molecule has 2 heterocycles. The van der Waals surface area contributed by atoms with Crippen molar-refractivity contribution >= 4 is 5.82 Å². The molecule has 0 aliphatic heterocycles. The van der Waals surface area contributed by atoms with Crippen LogP contribution in [0.25, 0.3) is 0 Å². The summed E-state index contributed by atoms with van der Waals surface area (Å²) in [6.45, 7) is 6.74. The quantitative estimate of drug-likeness (QED) is 0.865. The van der Waals surface area contributed by atoms with Crippen molar-refractivity contribution in [2.24, 2.45) is 0 Å². The summed E-state index contributed by atoms with van der Waals surface area (Å²) < 4.78 is 5.32. The van der Waals surface area contributed by atoms with E-state index in [0.29, 0.717) is 0 Å². The summed E-state index contributed by atoms with van der Waals surface area (Å²) in [6.07, 6.45) is 3.60. The van der Waals surface area contributed by atoms with Crippen LogP contribution in [0.3, 0.4) is 0 Å². The van der Waals surface area contributed by atoms with Crippen LogP contribution in [-0.4, -0.2) is 23.5 Å². The molecule has 0 unspecified atom stereocenters. The van der Waals surface area contributed by atoms with Gasteiger partial charge >= 0.3 is 0 Å². The minimum absolute atomic E-state index is 0.889. The van der Waals surface area contributed by atoms with E-state index >= 15 is 0 Å². The summed E-state index contributed by atoms with van der Waals surface area (Å²) >= 11 is 0. The molecular formula is C15H21N3O. The zero-order valence-electron chi connectivity index (χ0n) is 11.8. The number of anilines is 1. The van der Waals surface area contributed by atoms with Crippen LogP contribution in [0.4, 0.5) is 5.82 Å². The van der Waals surface area contributed by atoms with Gasteiger partial charge in [0.2, 0.25) is 0 Å². The highest BCUT2D eigenvalue weighted by Crippen LogP contribution is 2.14. The van der Waals surface area contributed by atoms with Crippen molar-refractivity contribution in [3.63, 3.8) is 0 Å². The largest absolute Gasteiger partial charge is 0.469 e. The molecule has 0 aliphatic carbocycles. The van der Waals surface area contributed by atoms with Crippen molar-refractivity contribution < 1.29 is 4.42 Å². The highest BCUT2D eigenvalue weighted by molar-refractivity contribution is 5.37. The number of nitrogens with one attached hydrogen (secondary N) is 1. The Morgan fingerprint density at radius 3 is 2.84 bits per heavy atom. The van der Waals surface area contributed by atoms with Crippen molar-refractivity contribution in [3.05, 3.63) is 47.5 Å². The van der Waals surface area contributed by atoms with E-state index in [4.69, 9.17) is 4.42 Å². The number of hydrogen-bond donors (Lipinski definition) is 1. The Morgan fingerprint density at radius 2 is 2.16 bits per heavy atom. The Morgan fingerprint density at radius 1 is 1.32 bits per heavy atom. The van der Waals surface area contributed by atoms with E-state index in [2.05, 4.69) is 41.3 Å². The summed E-state index contributed by atoms with van der Waals surface area (Å²) in [5.74, 6) is 1.93. The average molecular weight is 259 g/mol. The number of furan rings is 1. The second-order valence-electron chi connectivity index (χ2n) is 4.75. The summed E-state index contributed by atoms with van der Waals surface area (Å²) in [6, 6.07) is 6.18. The minimum Gasteiger partial charge on any atom is -0.469 e. The minimum atomic E-state index is 0.889. The second kappa shape index (κ2) is 6.38. The lowest BCUT2D eigenvalue weighted by molar-refractivity contribution is 0.316. The van der Waals surface area contributed by atoms with Gasteiger partial charge in [-0.25, -0.2) is 4.98 Å². The van der Waals surface area contributed by atoms with Gasteiger partial charge < -0.3 is 9.73 Å². The predicted molar refractivity (Wildman–Crippen MR) is 77.0 cm³/mol. The number of aromatic nitrogens is 1. The summed E-state index contributed by atoms with van der Waals surface area (Å²) in [5, 5.41) is 3.23. The van der Waals surface area contributed by atoms with Crippen LogP contribution >= 0.6 is 0 Å². The number of hydrogen-bond acceptors (Lipinski definition) is 4. The van der Waals surface area contributed by atoms with Crippen molar-refractivity contribution in [1.29, 1.82) is 0 Å². The SMILES string of the molecule is CCNc1cc(CN(C)Cc2ccoc2C)ccn1. The molecule has 0 fully saturated rings. The maximum Gasteiger partial charge on any atom is 0.126 e. The Balaban J connectivity index is 1.96. The molecule has 0 saturated heterocycles. The first-order chi connectivity index (χ1) is 9.19. The molecule has 4 nitrogen and oxygen atoms in total. The molecule has 2 aromatic heterocycles. The van der Waals surface area contributed by atoms with E-state index in [-0.39, 0.29) is 0 Å². The third kappa shape index (κ3) is 3.83. The lowest BCUT2D eigenvalue weighted by Gasteiger charge is -2.16. The van der Waals surface area contributed by atoms with Gasteiger partial charge in [0.25, 0.3) is 0 Å². The fourth-order valence-corrected chi connectivity index (χ4v) is 2.08. The van der Waals surface area contributed by atoms with E-state index in [9.17, 15) is 0 Å². The van der Waals surface area contributed by atoms with E-state index in [1.54, 1.807) is 6.26 Å². The molecule has 19 heavy (non-hydrogen) atoms. The fourth-order valence-electron chi connectivity index (χ4n) is 2.08. The molecule has 0 amide bonds. The third-order valence-corrected chi connectivity index (χ3v) is 3.04. The lowest BCUT2D eigenvalue weighted by Crippen LogP contribution is -2.17. The van der Waals surface area contributed by atoms with Crippen LogP contribution in [0.15, 0.2) is 35.1 Å². The molecule has 102 valence electrons. The number of nitrogens with zero attached hydrogens (tertiary/aromatic N) is 2. The molecule has 2 aromatic rings. The maximum absolute atomic E-state index is 5.32. The molecule has 0 spiro atoms. The molecule has 0 aliphatic rings. The van der Waals surface area contributed by atoms with Gasteiger partial charge in [0.05, 0.1) is 6.26 Å². The summed E-state index contributed by atoms with van der Waals surface area (Å²) in [4.78, 5) is 6.55. The van der Waals surface area contributed by atoms with Gasteiger partial charge in [0.1, 0.15) is 11.6 Å². The Kier molecular flexibility index (Phi) is 4.58. The molecule has 0 bridgehead atoms. The van der Waals surface area contributed by atoms with Gasteiger partial charge in [-0.15, -0.1) is 0 Å². The smallest absolute Gasteiger partial charge is 0.126 e. The van der Waals surface area contributed by atoms with Crippen LogP contribution in [0.2, 0.25) is 0 Å². The van der Waals surface area contributed by atoms with Crippen LogP contribution < -0.4 is 5.32 Å². The highest BCUT2D eigenvalue weighted by Gasteiger charge is 2.06. The van der Waals surface area contributed by atoms with Crippen LogP contribution in [0.5, 0.6) is 0 Å².